The summed E-state index contributed by atoms with van der Waals surface area (Å²) in [5.74, 6) is -12.2. The minimum Gasteiger partial charge on any atom is -0.343 e. The number of piperidine rings is 1. The molecule has 1 aromatic carbocycles. The fourth-order valence-electron chi connectivity index (χ4n) is 13.1. The van der Waals surface area contributed by atoms with Gasteiger partial charge in [0.2, 0.25) is 70.9 Å². The standard InChI is InChI=1S/C72H119F2N13O12/c1-43(2)33-53-68(96)82(15)49(12)66(94)84(17)58(38-50-27-22-20-23-28-50)65(93)78-54(34-44(3)4)69(97)86(19)59(37-47(9)10)71(99)85(18)57(36-46(7)8)64(92)76-52(30-26-29-51-40-72(73,74)42-75-51)67(95)80(13)41-61(89)83(16)56(35-45(5)6)63(91)79-55(70(98)87-31-24-21-25-32-87)39-60(88)81(14)48(11)62(90)77-53/h20,22-23,27-28,43-49,51-59,75H,21,24-26,29-42H2,1-19H3,(H,76,92)(H,77,90)(H,78,93)(H,79,91)/t48-,49-,51+,52-,53-,54-,55-,56-,57-,58-,59-/m0/s1. The van der Waals surface area contributed by atoms with Crippen molar-refractivity contribution in [1.29, 1.82) is 0 Å². The summed E-state index contributed by atoms with van der Waals surface area (Å²) in [6.45, 7) is 21.0. The molecule has 0 radical (unpaired) electrons. The Hall–Kier alpha value is -7.32. The highest BCUT2D eigenvalue weighted by Crippen LogP contribution is 2.29. The fourth-order valence-corrected chi connectivity index (χ4v) is 13.1. The van der Waals surface area contributed by atoms with Gasteiger partial charge in [-0.3, -0.25) is 57.5 Å². The fraction of sp³-hybridized carbons (Fsp3) is 0.750. The molecular weight excluding hydrogens is 1280 g/mol. The van der Waals surface area contributed by atoms with Crippen molar-refractivity contribution in [3.8, 4) is 0 Å². The average molecular weight is 1400 g/mol. The number of likely N-dealkylation sites (N-methyl/N-ethyl adjacent to an activating group) is 7. The second-order valence-corrected chi connectivity index (χ2v) is 30.2. The Morgan fingerprint density at radius 1 is 0.485 bits per heavy atom. The first-order valence-corrected chi connectivity index (χ1v) is 35.7. The molecule has 0 unspecified atom stereocenters. The molecule has 5 N–H and O–H groups in total. The molecule has 558 valence electrons. The molecule has 27 heteroatoms. The average Bonchev–Trinajstić information content (AvgIpc) is 1.43. The zero-order valence-corrected chi connectivity index (χ0v) is 62.6. The van der Waals surface area contributed by atoms with Gasteiger partial charge in [0.25, 0.3) is 5.92 Å². The SMILES string of the molecule is CC(C)C[C@@H]1NC(=O)[C@H](C)N(C)C(=O)C[C@@H](C(=O)N2CCCCC2)NC(=O)[C@H](CC(C)C)N(C)C(=O)CN(C)C(=O)[C@H](CCC[C@@H]2CC(F)(F)CN2)NC(=O)[C@H](CC(C)C)N(C)C(=O)[C@H](CC(C)C)N(C)C(=O)[C@H](CC(C)C)NC(=O)[C@H](Cc2ccccc2)N(C)C(=O)[C@H](C)N(C)C1=O. The van der Waals surface area contributed by atoms with Crippen LogP contribution in [0.3, 0.4) is 0 Å². The van der Waals surface area contributed by atoms with Crippen LogP contribution in [0.1, 0.15) is 172 Å². The number of nitrogens with zero attached hydrogens (tertiary/aromatic N) is 8. The molecule has 4 rings (SSSR count). The molecule has 12 amide bonds. The molecule has 3 fully saturated rings. The Morgan fingerprint density at radius 3 is 1.47 bits per heavy atom. The lowest BCUT2D eigenvalue weighted by Gasteiger charge is -2.38. The predicted molar refractivity (Wildman–Crippen MR) is 374 cm³/mol. The third-order valence-corrected chi connectivity index (χ3v) is 19.4. The van der Waals surface area contributed by atoms with Crippen molar-refractivity contribution in [3.05, 3.63) is 35.9 Å². The Morgan fingerprint density at radius 2 is 0.949 bits per heavy atom. The number of halogens is 2. The third kappa shape index (κ3) is 24.8. The van der Waals surface area contributed by atoms with Crippen molar-refractivity contribution in [2.45, 2.75) is 245 Å². The maximum atomic E-state index is 15.3. The molecule has 0 spiro atoms. The van der Waals surface area contributed by atoms with Gasteiger partial charge in [0, 0.05) is 81.3 Å². The first-order chi connectivity index (χ1) is 46.2. The van der Waals surface area contributed by atoms with E-state index < -0.39 is 169 Å². The van der Waals surface area contributed by atoms with E-state index in [0.717, 1.165) is 21.1 Å². The summed E-state index contributed by atoms with van der Waals surface area (Å²) in [6.07, 6.45) is 1.89. The van der Waals surface area contributed by atoms with Crippen molar-refractivity contribution < 1.29 is 66.3 Å². The van der Waals surface area contributed by atoms with Gasteiger partial charge in [0.1, 0.15) is 60.4 Å². The third-order valence-electron chi connectivity index (χ3n) is 19.4. The quantitative estimate of drug-likeness (QED) is 0.144. The zero-order chi connectivity index (χ0) is 74.7. The van der Waals surface area contributed by atoms with Crippen LogP contribution in [0.2, 0.25) is 0 Å². The summed E-state index contributed by atoms with van der Waals surface area (Å²) < 4.78 is 28.8. The Labute approximate surface area is 587 Å². The summed E-state index contributed by atoms with van der Waals surface area (Å²) in [6, 6.07) is -4.49. The van der Waals surface area contributed by atoms with Crippen LogP contribution in [0, 0.1) is 29.6 Å². The van der Waals surface area contributed by atoms with Gasteiger partial charge in [-0.25, -0.2) is 8.78 Å². The largest absolute Gasteiger partial charge is 0.343 e. The molecule has 0 aromatic heterocycles. The van der Waals surface area contributed by atoms with Gasteiger partial charge in [-0.05, 0) is 120 Å². The number of benzene rings is 1. The number of carbonyl (C=O) groups excluding carboxylic acids is 12. The van der Waals surface area contributed by atoms with Gasteiger partial charge in [0.15, 0.2) is 0 Å². The van der Waals surface area contributed by atoms with Gasteiger partial charge in [-0.1, -0.05) is 99.6 Å². The predicted octanol–water partition coefficient (Wildman–Crippen LogP) is 4.44. The Bertz CT molecular complexity index is 2930. The zero-order valence-electron chi connectivity index (χ0n) is 62.6. The highest BCUT2D eigenvalue weighted by Gasteiger charge is 2.44. The van der Waals surface area contributed by atoms with Crippen LogP contribution >= 0.6 is 0 Å². The molecule has 99 heavy (non-hydrogen) atoms. The van der Waals surface area contributed by atoms with Gasteiger partial charge in [-0.15, -0.1) is 0 Å². The number of carbonyl (C=O) groups is 12. The lowest BCUT2D eigenvalue weighted by Crippen LogP contribution is -2.61. The summed E-state index contributed by atoms with van der Waals surface area (Å²) in [4.78, 5) is 188. The minimum atomic E-state index is -2.94. The normalized spacial score (nSPS) is 27.1. The van der Waals surface area contributed by atoms with E-state index in [9.17, 15) is 47.1 Å². The molecule has 0 bridgehead atoms. The molecule has 3 heterocycles. The highest BCUT2D eigenvalue weighted by molar-refractivity contribution is 6.00. The van der Waals surface area contributed by atoms with Crippen LogP contribution < -0.4 is 26.6 Å². The maximum absolute atomic E-state index is 15.3. The van der Waals surface area contributed by atoms with E-state index in [1.165, 1.54) is 82.8 Å². The topological polar surface area (TPSA) is 291 Å². The Balaban J connectivity index is 1.92. The number of nitrogens with one attached hydrogen (secondary N) is 5. The molecule has 0 aliphatic carbocycles. The summed E-state index contributed by atoms with van der Waals surface area (Å²) in [5, 5.41) is 14.2. The molecule has 1 aromatic rings. The summed E-state index contributed by atoms with van der Waals surface area (Å²) >= 11 is 0. The summed E-state index contributed by atoms with van der Waals surface area (Å²) in [7, 11) is 9.81. The van der Waals surface area contributed by atoms with Crippen LogP contribution in [-0.4, -0.2) is 258 Å². The number of hydrogen-bond donors (Lipinski definition) is 5. The van der Waals surface area contributed by atoms with Gasteiger partial charge in [0.05, 0.1) is 19.5 Å². The molecule has 3 saturated heterocycles. The maximum Gasteiger partial charge on any atom is 0.261 e. The molecule has 3 aliphatic heterocycles. The second-order valence-electron chi connectivity index (χ2n) is 30.2. The minimum absolute atomic E-state index is 0.0283. The van der Waals surface area contributed by atoms with E-state index in [2.05, 4.69) is 26.6 Å². The van der Waals surface area contributed by atoms with Crippen molar-refractivity contribution >= 4 is 70.9 Å². The van der Waals surface area contributed by atoms with E-state index in [0.29, 0.717) is 31.5 Å². The van der Waals surface area contributed by atoms with Crippen molar-refractivity contribution in [2.24, 2.45) is 29.6 Å². The number of likely N-dealkylation sites (tertiary alicyclic amines) is 1. The number of rotatable bonds is 17. The van der Waals surface area contributed by atoms with Crippen molar-refractivity contribution in [2.75, 3.05) is 75.5 Å². The Kier molecular flexibility index (Phi) is 32.7. The number of alkyl halides is 2. The van der Waals surface area contributed by atoms with E-state index >= 15 is 19.2 Å². The van der Waals surface area contributed by atoms with Crippen LogP contribution in [-0.2, 0) is 64.0 Å². The number of amides is 12. The van der Waals surface area contributed by atoms with Gasteiger partial charge < -0.3 is 65.8 Å². The smallest absolute Gasteiger partial charge is 0.261 e. The summed E-state index contributed by atoms with van der Waals surface area (Å²) in [5.41, 5.74) is 0.666. The lowest BCUT2D eigenvalue weighted by atomic mass is 9.96. The van der Waals surface area contributed by atoms with Gasteiger partial charge in [-0.2, -0.15) is 0 Å². The molecule has 25 nitrogen and oxygen atoms in total. The van der Waals surface area contributed by atoms with Crippen LogP contribution in [0.4, 0.5) is 8.78 Å². The molecule has 0 saturated carbocycles. The molecule has 11 atom stereocenters. The van der Waals surface area contributed by atoms with Crippen molar-refractivity contribution in [3.63, 3.8) is 0 Å². The monoisotopic (exact) mass is 1400 g/mol. The van der Waals surface area contributed by atoms with E-state index in [1.54, 1.807) is 35.2 Å². The van der Waals surface area contributed by atoms with E-state index in [-0.39, 0.29) is 87.4 Å². The highest BCUT2D eigenvalue weighted by atomic mass is 19.3. The first-order valence-electron chi connectivity index (χ1n) is 35.7. The van der Waals surface area contributed by atoms with E-state index in [4.69, 9.17) is 0 Å². The second kappa shape index (κ2) is 38.5. The molecule has 3 aliphatic rings. The van der Waals surface area contributed by atoms with Crippen LogP contribution in [0.5, 0.6) is 0 Å². The number of hydrogen-bond acceptors (Lipinski definition) is 13. The lowest BCUT2D eigenvalue weighted by molar-refractivity contribution is -0.151. The van der Waals surface area contributed by atoms with Gasteiger partial charge >= 0.3 is 0 Å². The van der Waals surface area contributed by atoms with Crippen LogP contribution in [0.15, 0.2) is 30.3 Å². The van der Waals surface area contributed by atoms with Crippen molar-refractivity contribution in [1.82, 2.24) is 65.8 Å². The van der Waals surface area contributed by atoms with Crippen LogP contribution in [0.25, 0.3) is 0 Å². The molecular formula is C72H119F2N13O12. The first kappa shape index (κ1) is 84.1. The van der Waals surface area contributed by atoms with E-state index in [1.807, 2.05) is 69.2 Å².